The first kappa shape index (κ1) is 17.7. The van der Waals surface area contributed by atoms with Crippen molar-refractivity contribution in [2.24, 2.45) is 0 Å². The zero-order valence-corrected chi connectivity index (χ0v) is 14.6. The highest BCUT2D eigenvalue weighted by Gasteiger charge is 2.14. The van der Waals surface area contributed by atoms with Gasteiger partial charge in [0.2, 0.25) is 0 Å². The molecule has 7 heteroatoms. The number of hydrogen-bond donors (Lipinski definition) is 2. The number of aliphatic hydroxyl groups is 1. The van der Waals surface area contributed by atoms with E-state index in [0.717, 1.165) is 16.0 Å². The molecule has 0 aliphatic rings. The molecule has 1 aromatic heterocycles. The van der Waals surface area contributed by atoms with Crippen LogP contribution in [0.2, 0.25) is 0 Å². The van der Waals surface area contributed by atoms with Crippen molar-refractivity contribution in [3.05, 3.63) is 51.2 Å². The van der Waals surface area contributed by atoms with Crippen LogP contribution in [0.25, 0.3) is 0 Å². The van der Waals surface area contributed by atoms with Gasteiger partial charge in [-0.3, -0.25) is 4.79 Å². The lowest BCUT2D eigenvalue weighted by molar-refractivity contribution is 0.0955. The third-order valence-corrected chi connectivity index (χ3v) is 6.35. The van der Waals surface area contributed by atoms with E-state index in [0.29, 0.717) is 11.4 Å². The SMILES string of the molecule is Cc1cc(C(=O)NCc2ccc(S(=O)(=O)CCO)cc2)sc1C. The maximum absolute atomic E-state index is 12.1. The maximum atomic E-state index is 12.1. The summed E-state index contributed by atoms with van der Waals surface area (Å²) >= 11 is 1.45. The number of hydrogen-bond acceptors (Lipinski definition) is 5. The first-order valence-electron chi connectivity index (χ1n) is 7.11. The predicted molar refractivity (Wildman–Crippen MR) is 90.5 cm³/mol. The summed E-state index contributed by atoms with van der Waals surface area (Å²) in [5.41, 5.74) is 1.91. The molecule has 2 rings (SSSR count). The Bertz CT molecular complexity index is 772. The summed E-state index contributed by atoms with van der Waals surface area (Å²) in [6, 6.07) is 8.17. The summed E-state index contributed by atoms with van der Waals surface area (Å²) in [4.78, 5) is 14.0. The fourth-order valence-electron chi connectivity index (χ4n) is 2.01. The largest absolute Gasteiger partial charge is 0.395 e. The normalized spacial score (nSPS) is 11.4. The minimum atomic E-state index is -3.44. The summed E-state index contributed by atoms with van der Waals surface area (Å²) in [5.74, 6) is -0.427. The second-order valence-corrected chi connectivity index (χ2v) is 8.58. The number of thiophene rings is 1. The molecule has 2 N–H and O–H groups in total. The van der Waals surface area contributed by atoms with Crippen LogP contribution in [0, 0.1) is 13.8 Å². The molecule has 1 amide bonds. The number of carbonyl (C=O) groups is 1. The number of sulfone groups is 1. The van der Waals surface area contributed by atoms with E-state index < -0.39 is 16.4 Å². The van der Waals surface area contributed by atoms with E-state index >= 15 is 0 Å². The second kappa shape index (κ2) is 7.25. The minimum absolute atomic E-state index is 0.136. The number of aliphatic hydroxyl groups excluding tert-OH is 1. The fourth-order valence-corrected chi connectivity index (χ4v) is 3.98. The van der Waals surface area contributed by atoms with Gasteiger partial charge in [0.25, 0.3) is 5.91 Å². The van der Waals surface area contributed by atoms with Crippen molar-refractivity contribution >= 4 is 27.1 Å². The number of aryl methyl sites for hydroxylation is 2. The monoisotopic (exact) mass is 353 g/mol. The van der Waals surface area contributed by atoms with Gasteiger partial charge in [-0.25, -0.2) is 8.42 Å². The molecule has 5 nitrogen and oxygen atoms in total. The molecular weight excluding hydrogens is 334 g/mol. The van der Waals surface area contributed by atoms with Crippen LogP contribution < -0.4 is 5.32 Å². The highest BCUT2D eigenvalue weighted by molar-refractivity contribution is 7.91. The summed E-state index contributed by atoms with van der Waals surface area (Å²) in [6.45, 7) is 3.87. The van der Waals surface area contributed by atoms with Crippen LogP contribution >= 0.6 is 11.3 Å². The van der Waals surface area contributed by atoms with Gasteiger partial charge in [-0.05, 0) is 43.2 Å². The Hall–Kier alpha value is -1.70. The highest BCUT2D eigenvalue weighted by atomic mass is 32.2. The molecule has 1 aromatic carbocycles. The number of rotatable bonds is 6. The highest BCUT2D eigenvalue weighted by Crippen LogP contribution is 2.20. The molecule has 0 spiro atoms. The van der Waals surface area contributed by atoms with Gasteiger partial charge < -0.3 is 10.4 Å². The van der Waals surface area contributed by atoms with Crippen LogP contribution in [-0.2, 0) is 16.4 Å². The summed E-state index contributed by atoms with van der Waals surface area (Å²) in [7, 11) is -3.44. The zero-order chi connectivity index (χ0) is 17.0. The van der Waals surface area contributed by atoms with Crippen LogP contribution in [-0.4, -0.2) is 31.8 Å². The quantitative estimate of drug-likeness (QED) is 0.833. The first-order chi connectivity index (χ1) is 10.8. The molecule has 124 valence electrons. The topological polar surface area (TPSA) is 83.5 Å². The minimum Gasteiger partial charge on any atom is -0.395 e. The first-order valence-corrected chi connectivity index (χ1v) is 9.58. The summed E-state index contributed by atoms with van der Waals surface area (Å²) in [5, 5.41) is 11.6. The van der Waals surface area contributed by atoms with Gasteiger partial charge in [0, 0.05) is 11.4 Å². The lowest BCUT2D eigenvalue weighted by Crippen LogP contribution is -2.21. The van der Waals surface area contributed by atoms with E-state index in [1.807, 2.05) is 19.9 Å². The van der Waals surface area contributed by atoms with Gasteiger partial charge in [-0.15, -0.1) is 11.3 Å². The molecule has 0 saturated carbocycles. The molecule has 0 radical (unpaired) electrons. The van der Waals surface area contributed by atoms with E-state index in [9.17, 15) is 13.2 Å². The van der Waals surface area contributed by atoms with Crippen LogP contribution in [0.5, 0.6) is 0 Å². The number of nitrogens with one attached hydrogen (secondary N) is 1. The van der Waals surface area contributed by atoms with Crippen LogP contribution in [0.15, 0.2) is 35.2 Å². The average Bonchev–Trinajstić information content (AvgIpc) is 2.85. The van der Waals surface area contributed by atoms with E-state index in [-0.39, 0.29) is 16.6 Å². The van der Waals surface area contributed by atoms with Gasteiger partial charge in [-0.1, -0.05) is 12.1 Å². The molecule has 0 aliphatic heterocycles. The van der Waals surface area contributed by atoms with Crippen molar-refractivity contribution in [1.29, 1.82) is 0 Å². The van der Waals surface area contributed by atoms with E-state index in [1.54, 1.807) is 12.1 Å². The smallest absolute Gasteiger partial charge is 0.261 e. The molecule has 0 atom stereocenters. The van der Waals surface area contributed by atoms with Gasteiger partial charge in [0.05, 0.1) is 22.1 Å². The Balaban J connectivity index is 2.00. The lowest BCUT2D eigenvalue weighted by Gasteiger charge is -2.06. The number of carbonyl (C=O) groups excluding carboxylic acids is 1. The molecular formula is C16H19NO4S2. The molecule has 0 unspecified atom stereocenters. The molecule has 0 aliphatic carbocycles. The Morgan fingerprint density at radius 1 is 1.22 bits per heavy atom. The molecule has 0 fully saturated rings. The third-order valence-electron chi connectivity index (χ3n) is 3.49. The molecule has 2 aromatic rings. The zero-order valence-electron chi connectivity index (χ0n) is 13.0. The van der Waals surface area contributed by atoms with Gasteiger partial charge in [0.15, 0.2) is 9.84 Å². The van der Waals surface area contributed by atoms with Crippen molar-refractivity contribution in [1.82, 2.24) is 5.32 Å². The van der Waals surface area contributed by atoms with Crippen molar-refractivity contribution in [2.45, 2.75) is 25.3 Å². The van der Waals surface area contributed by atoms with Gasteiger partial charge in [-0.2, -0.15) is 0 Å². The molecule has 23 heavy (non-hydrogen) atoms. The Morgan fingerprint density at radius 3 is 2.39 bits per heavy atom. The predicted octanol–water partition coefficient (Wildman–Crippen LogP) is 2.06. The number of amides is 1. The van der Waals surface area contributed by atoms with E-state index in [4.69, 9.17) is 5.11 Å². The fraction of sp³-hybridized carbons (Fsp3) is 0.312. The van der Waals surface area contributed by atoms with E-state index in [2.05, 4.69) is 5.32 Å². The average molecular weight is 353 g/mol. The Kier molecular flexibility index (Phi) is 5.56. The van der Waals surface area contributed by atoms with Crippen LogP contribution in [0.1, 0.15) is 25.7 Å². The second-order valence-electron chi connectivity index (χ2n) is 5.22. The van der Waals surface area contributed by atoms with Crippen LogP contribution in [0.4, 0.5) is 0 Å². The van der Waals surface area contributed by atoms with Crippen molar-refractivity contribution in [3.63, 3.8) is 0 Å². The van der Waals surface area contributed by atoms with Gasteiger partial charge in [0.1, 0.15) is 0 Å². The number of benzene rings is 1. The molecule has 0 bridgehead atoms. The summed E-state index contributed by atoms with van der Waals surface area (Å²) < 4.78 is 23.6. The van der Waals surface area contributed by atoms with Gasteiger partial charge >= 0.3 is 0 Å². The van der Waals surface area contributed by atoms with E-state index in [1.165, 1.54) is 23.5 Å². The lowest BCUT2D eigenvalue weighted by atomic mass is 10.2. The standard InChI is InChI=1S/C16H19NO4S2/c1-11-9-15(22-12(11)2)16(19)17-10-13-3-5-14(6-4-13)23(20,21)8-7-18/h3-6,9,18H,7-8,10H2,1-2H3,(H,17,19). The van der Waals surface area contributed by atoms with Crippen molar-refractivity contribution in [3.8, 4) is 0 Å². The maximum Gasteiger partial charge on any atom is 0.261 e. The summed E-state index contributed by atoms with van der Waals surface area (Å²) in [6.07, 6.45) is 0. The molecule has 1 heterocycles. The van der Waals surface area contributed by atoms with Crippen molar-refractivity contribution in [2.75, 3.05) is 12.4 Å². The Labute approximate surface area is 139 Å². The third kappa shape index (κ3) is 4.40. The Morgan fingerprint density at radius 2 is 1.87 bits per heavy atom. The van der Waals surface area contributed by atoms with Crippen LogP contribution in [0.3, 0.4) is 0 Å². The van der Waals surface area contributed by atoms with Crippen molar-refractivity contribution < 1.29 is 18.3 Å². The molecule has 0 saturated heterocycles.